The number of rotatable bonds is 7. The van der Waals surface area contributed by atoms with Crippen LogP contribution in [0.5, 0.6) is 5.88 Å². The number of nitriles is 1. The molecule has 0 saturated carbocycles. The minimum Gasteiger partial charge on any atom is -0.480 e. The molecule has 1 aromatic heterocycles. The van der Waals surface area contributed by atoms with Gasteiger partial charge >= 0.3 is 6.18 Å². The molecule has 0 spiro atoms. The Morgan fingerprint density at radius 2 is 2.09 bits per heavy atom. The number of hydrogen-bond acceptors (Lipinski definition) is 9. The first-order valence-corrected chi connectivity index (χ1v) is 9.87. The SMILES string of the molecule is COc1nc(N)nc(N[C@@H](CN2CCOCC2)C(=O)Nc2cccc(C(F)(F)F)c2)c1C#N. The third-order valence-electron chi connectivity index (χ3n) is 4.83. The summed E-state index contributed by atoms with van der Waals surface area (Å²) in [6.07, 6.45) is -4.55. The smallest absolute Gasteiger partial charge is 0.416 e. The number of aromatic nitrogens is 2. The lowest BCUT2D eigenvalue weighted by atomic mass is 10.1. The number of nitrogens with zero attached hydrogens (tertiary/aromatic N) is 4. The van der Waals surface area contributed by atoms with Crippen molar-refractivity contribution in [3.63, 3.8) is 0 Å². The summed E-state index contributed by atoms with van der Waals surface area (Å²) in [5.74, 6) is -0.909. The Morgan fingerprint density at radius 1 is 1.36 bits per heavy atom. The van der Waals surface area contributed by atoms with E-state index >= 15 is 0 Å². The van der Waals surface area contributed by atoms with Crippen molar-refractivity contribution in [3.05, 3.63) is 35.4 Å². The van der Waals surface area contributed by atoms with Crippen molar-refractivity contribution in [3.8, 4) is 11.9 Å². The standard InChI is InChI=1S/C20H22F3N7O3/c1-32-18-14(10-24)16(28-19(25)29-18)27-15(11-30-5-7-33-8-6-30)17(31)26-13-4-2-3-12(9-13)20(21,22)23/h2-4,9,15H,5-8,11H2,1H3,(H,26,31)(H3,25,27,28,29)/t15-/m0/s1. The van der Waals surface area contributed by atoms with Crippen molar-refractivity contribution < 1.29 is 27.4 Å². The summed E-state index contributed by atoms with van der Waals surface area (Å²) in [6, 6.07) is 5.22. The number of amides is 1. The van der Waals surface area contributed by atoms with Crippen molar-refractivity contribution in [2.45, 2.75) is 12.2 Å². The Hall–Kier alpha value is -3.63. The molecule has 1 amide bonds. The maximum Gasteiger partial charge on any atom is 0.416 e. The first-order chi connectivity index (χ1) is 15.7. The van der Waals surface area contributed by atoms with Gasteiger partial charge in [0.15, 0.2) is 11.4 Å². The summed E-state index contributed by atoms with van der Waals surface area (Å²) in [7, 11) is 1.30. The van der Waals surface area contributed by atoms with Gasteiger partial charge in [-0.05, 0) is 18.2 Å². The molecule has 13 heteroatoms. The number of alkyl halides is 3. The number of ether oxygens (including phenoxy) is 2. The number of anilines is 3. The number of benzene rings is 1. The second kappa shape index (κ2) is 10.3. The van der Waals surface area contributed by atoms with Gasteiger partial charge in [-0.1, -0.05) is 6.07 Å². The molecule has 1 atom stereocenters. The average molecular weight is 465 g/mol. The lowest BCUT2D eigenvalue weighted by molar-refractivity contribution is -0.137. The highest BCUT2D eigenvalue weighted by Crippen LogP contribution is 2.31. The predicted octanol–water partition coefficient (Wildman–Crippen LogP) is 1.71. The number of hydrogen-bond donors (Lipinski definition) is 3. The first-order valence-electron chi connectivity index (χ1n) is 9.87. The van der Waals surface area contributed by atoms with Gasteiger partial charge in [0.05, 0.1) is 25.9 Å². The van der Waals surface area contributed by atoms with Crippen LogP contribution in [-0.2, 0) is 15.7 Å². The van der Waals surface area contributed by atoms with Crippen LogP contribution in [0, 0.1) is 11.3 Å². The van der Waals surface area contributed by atoms with Crippen LogP contribution in [0.1, 0.15) is 11.1 Å². The fourth-order valence-electron chi connectivity index (χ4n) is 3.21. The van der Waals surface area contributed by atoms with Crippen LogP contribution in [0.2, 0.25) is 0 Å². The molecule has 176 valence electrons. The van der Waals surface area contributed by atoms with E-state index in [2.05, 4.69) is 20.6 Å². The van der Waals surface area contributed by atoms with Crippen molar-refractivity contribution in [2.24, 2.45) is 0 Å². The Balaban J connectivity index is 1.88. The number of nitrogens with two attached hydrogens (primary N) is 1. The minimum atomic E-state index is -4.55. The number of methoxy groups -OCH3 is 1. The number of morpholine rings is 1. The number of carbonyl (C=O) groups excluding carboxylic acids is 1. The molecule has 0 unspecified atom stereocenters. The fraction of sp³-hybridized carbons (Fsp3) is 0.400. The van der Waals surface area contributed by atoms with Crippen molar-refractivity contribution in [1.82, 2.24) is 14.9 Å². The molecule has 33 heavy (non-hydrogen) atoms. The third kappa shape index (κ3) is 6.21. The van der Waals surface area contributed by atoms with Crippen LogP contribution < -0.4 is 21.1 Å². The first kappa shape index (κ1) is 24.0. The minimum absolute atomic E-state index is 0.0242. The molecule has 1 aliphatic heterocycles. The highest BCUT2D eigenvalue weighted by molar-refractivity contribution is 5.97. The lowest BCUT2D eigenvalue weighted by Gasteiger charge is -2.30. The molecular weight excluding hydrogens is 443 g/mol. The summed E-state index contributed by atoms with van der Waals surface area (Å²) in [5.41, 5.74) is 4.71. The third-order valence-corrected chi connectivity index (χ3v) is 4.83. The zero-order chi connectivity index (χ0) is 24.0. The Labute approximate surface area is 187 Å². The van der Waals surface area contributed by atoms with Gasteiger partial charge in [-0.15, -0.1) is 0 Å². The quantitative estimate of drug-likeness (QED) is 0.558. The van der Waals surface area contributed by atoms with Crippen molar-refractivity contribution in [1.29, 1.82) is 5.26 Å². The van der Waals surface area contributed by atoms with Crippen LogP contribution in [0.4, 0.5) is 30.6 Å². The molecule has 0 radical (unpaired) electrons. The van der Waals surface area contributed by atoms with Gasteiger partial charge in [-0.3, -0.25) is 9.69 Å². The van der Waals surface area contributed by atoms with E-state index in [1.54, 1.807) is 0 Å². The maximum absolute atomic E-state index is 13.1. The van der Waals surface area contributed by atoms with Crippen LogP contribution in [0.3, 0.4) is 0 Å². The Bertz CT molecular complexity index is 1040. The highest BCUT2D eigenvalue weighted by Gasteiger charge is 2.31. The van der Waals surface area contributed by atoms with Gasteiger partial charge in [0, 0.05) is 25.3 Å². The summed E-state index contributed by atoms with van der Waals surface area (Å²) >= 11 is 0. The summed E-state index contributed by atoms with van der Waals surface area (Å²) in [4.78, 5) is 22.9. The van der Waals surface area contributed by atoms with E-state index in [0.717, 1.165) is 12.1 Å². The van der Waals surface area contributed by atoms with Crippen LogP contribution in [-0.4, -0.2) is 66.8 Å². The normalized spacial score (nSPS) is 15.4. The number of carbonyl (C=O) groups is 1. The molecule has 2 aromatic rings. The summed E-state index contributed by atoms with van der Waals surface area (Å²) in [6.45, 7) is 2.22. The van der Waals surface area contributed by atoms with E-state index < -0.39 is 23.7 Å². The molecule has 1 saturated heterocycles. The van der Waals surface area contributed by atoms with E-state index in [0.29, 0.717) is 26.3 Å². The van der Waals surface area contributed by atoms with Gasteiger partial charge in [0.2, 0.25) is 17.7 Å². The second-order valence-electron chi connectivity index (χ2n) is 7.10. The Kier molecular flexibility index (Phi) is 7.52. The second-order valence-corrected chi connectivity index (χ2v) is 7.10. The summed E-state index contributed by atoms with van der Waals surface area (Å²) in [5, 5.41) is 14.9. The van der Waals surface area contributed by atoms with Crippen LogP contribution in [0.25, 0.3) is 0 Å². The molecule has 2 heterocycles. The van der Waals surface area contributed by atoms with Crippen molar-refractivity contribution >= 4 is 23.4 Å². The summed E-state index contributed by atoms with van der Waals surface area (Å²) < 4.78 is 49.5. The largest absolute Gasteiger partial charge is 0.480 e. The van der Waals surface area contributed by atoms with E-state index in [4.69, 9.17) is 15.2 Å². The average Bonchev–Trinajstić information content (AvgIpc) is 2.78. The Morgan fingerprint density at radius 3 is 2.73 bits per heavy atom. The van der Waals surface area contributed by atoms with Crippen LogP contribution in [0.15, 0.2) is 24.3 Å². The van der Waals surface area contributed by atoms with Crippen LogP contribution >= 0.6 is 0 Å². The number of nitrogen functional groups attached to an aromatic ring is 1. The zero-order valence-electron chi connectivity index (χ0n) is 17.6. The highest BCUT2D eigenvalue weighted by atomic mass is 19.4. The molecule has 0 bridgehead atoms. The maximum atomic E-state index is 13.1. The molecule has 1 aromatic carbocycles. The van der Waals surface area contributed by atoms with E-state index in [1.807, 2.05) is 11.0 Å². The van der Waals surface area contributed by atoms with E-state index in [9.17, 15) is 23.2 Å². The fourth-order valence-corrected chi connectivity index (χ4v) is 3.21. The van der Waals surface area contributed by atoms with Gasteiger partial charge in [-0.2, -0.15) is 28.4 Å². The van der Waals surface area contributed by atoms with Crippen molar-refractivity contribution in [2.75, 3.05) is 56.3 Å². The van der Waals surface area contributed by atoms with E-state index in [1.165, 1.54) is 19.2 Å². The molecule has 1 aliphatic rings. The molecule has 1 fully saturated rings. The zero-order valence-corrected chi connectivity index (χ0v) is 17.6. The molecule has 4 N–H and O–H groups in total. The van der Waals surface area contributed by atoms with Gasteiger partial charge in [0.25, 0.3) is 0 Å². The predicted molar refractivity (Wildman–Crippen MR) is 112 cm³/mol. The monoisotopic (exact) mass is 465 g/mol. The number of nitrogens with one attached hydrogen (secondary N) is 2. The topological polar surface area (TPSA) is 138 Å². The number of halogens is 3. The molecule has 10 nitrogen and oxygen atoms in total. The molecule has 0 aliphatic carbocycles. The molecule has 3 rings (SSSR count). The lowest BCUT2D eigenvalue weighted by Crippen LogP contribution is -2.48. The van der Waals surface area contributed by atoms with E-state index in [-0.39, 0.29) is 35.4 Å². The van der Waals surface area contributed by atoms with Gasteiger partial charge in [0.1, 0.15) is 12.1 Å². The molecular formula is C20H22F3N7O3. The van der Waals surface area contributed by atoms with Gasteiger partial charge in [-0.25, -0.2) is 0 Å². The van der Waals surface area contributed by atoms with Gasteiger partial charge < -0.3 is 25.8 Å².